The van der Waals surface area contributed by atoms with E-state index < -0.39 is 0 Å². The first kappa shape index (κ1) is 11.7. The minimum Gasteiger partial charge on any atom is -0.454 e. The van der Waals surface area contributed by atoms with Gasteiger partial charge in [0.15, 0.2) is 17.0 Å². The molecule has 4 rings (SSSR count). The van der Waals surface area contributed by atoms with E-state index >= 15 is 0 Å². The molecule has 0 unspecified atom stereocenters. The van der Waals surface area contributed by atoms with Gasteiger partial charge in [-0.05, 0) is 24.3 Å². The Morgan fingerprint density at radius 3 is 3.10 bits per heavy atom. The molecular weight excluding hydrogens is 296 g/mol. The zero-order valence-corrected chi connectivity index (χ0v) is 11.6. The number of hydrogen-bond donors (Lipinski definition) is 0. The van der Waals surface area contributed by atoms with Crippen LogP contribution in [0.2, 0.25) is 5.02 Å². The number of aldehydes is 1. The van der Waals surface area contributed by atoms with Crippen molar-refractivity contribution in [3.8, 4) is 11.5 Å². The predicted molar refractivity (Wildman–Crippen MR) is 78.7 cm³/mol. The van der Waals surface area contributed by atoms with E-state index in [1.165, 1.54) is 11.3 Å². The maximum absolute atomic E-state index is 11.3. The van der Waals surface area contributed by atoms with Gasteiger partial charge in [0.1, 0.15) is 17.0 Å². The van der Waals surface area contributed by atoms with E-state index in [2.05, 4.69) is 4.98 Å². The second-order valence-corrected chi connectivity index (χ2v) is 5.62. The number of nitrogens with zero attached hydrogens (tertiary/aromatic N) is 2. The average molecular weight is 303 g/mol. The number of thiazole rings is 1. The molecular formula is C14H7ClN2O2S. The summed E-state index contributed by atoms with van der Waals surface area (Å²) in [4.78, 5) is 16.5. The molecule has 0 amide bonds. The lowest BCUT2D eigenvalue weighted by atomic mass is 10.2. The molecule has 4 nitrogen and oxygen atoms in total. The van der Waals surface area contributed by atoms with E-state index in [4.69, 9.17) is 16.0 Å². The van der Waals surface area contributed by atoms with Gasteiger partial charge >= 0.3 is 0 Å². The second kappa shape index (κ2) is 4.19. The van der Waals surface area contributed by atoms with Gasteiger partial charge < -0.3 is 4.42 Å². The van der Waals surface area contributed by atoms with E-state index in [-0.39, 0.29) is 0 Å². The summed E-state index contributed by atoms with van der Waals surface area (Å²) in [6, 6.07) is 7.24. The molecule has 0 N–H and O–H groups in total. The van der Waals surface area contributed by atoms with Crippen LogP contribution < -0.4 is 0 Å². The highest BCUT2D eigenvalue weighted by atomic mass is 35.5. The number of aromatic nitrogens is 2. The molecule has 0 saturated heterocycles. The van der Waals surface area contributed by atoms with Gasteiger partial charge in [0.25, 0.3) is 0 Å². The normalized spacial score (nSPS) is 11.4. The van der Waals surface area contributed by atoms with Crippen LogP contribution in [0.4, 0.5) is 0 Å². The fourth-order valence-corrected chi connectivity index (χ4v) is 3.13. The number of halogens is 1. The molecule has 0 saturated carbocycles. The number of hydrogen-bond acceptors (Lipinski definition) is 4. The van der Waals surface area contributed by atoms with Crippen LogP contribution in [0.3, 0.4) is 0 Å². The Morgan fingerprint density at radius 2 is 2.25 bits per heavy atom. The number of carbonyl (C=O) groups excluding carboxylic acids is 1. The number of carbonyl (C=O) groups is 1. The summed E-state index contributed by atoms with van der Waals surface area (Å²) < 4.78 is 7.52. The Bertz CT molecular complexity index is 951. The molecule has 0 fully saturated rings. The third-order valence-corrected chi connectivity index (χ3v) is 4.11. The number of imidazole rings is 1. The van der Waals surface area contributed by atoms with Crippen molar-refractivity contribution in [3.63, 3.8) is 0 Å². The van der Waals surface area contributed by atoms with E-state index in [0.29, 0.717) is 22.2 Å². The molecule has 6 heteroatoms. The van der Waals surface area contributed by atoms with Crippen molar-refractivity contribution < 1.29 is 9.21 Å². The van der Waals surface area contributed by atoms with E-state index in [0.717, 1.165) is 22.2 Å². The van der Waals surface area contributed by atoms with Gasteiger partial charge in [0.05, 0.1) is 0 Å². The van der Waals surface area contributed by atoms with E-state index in [1.807, 2.05) is 23.7 Å². The van der Waals surface area contributed by atoms with Crippen molar-refractivity contribution in [1.29, 1.82) is 0 Å². The molecule has 98 valence electrons. The number of furan rings is 1. The van der Waals surface area contributed by atoms with E-state index in [1.54, 1.807) is 16.5 Å². The van der Waals surface area contributed by atoms with Crippen molar-refractivity contribution >= 4 is 45.2 Å². The first-order valence-electron chi connectivity index (χ1n) is 5.86. The maximum Gasteiger partial charge on any atom is 0.194 e. The van der Waals surface area contributed by atoms with Crippen LogP contribution in [-0.4, -0.2) is 15.7 Å². The molecule has 0 aliphatic carbocycles. The summed E-state index contributed by atoms with van der Waals surface area (Å²) in [6.45, 7) is 0. The molecule has 0 atom stereocenters. The number of rotatable bonds is 2. The third-order valence-electron chi connectivity index (χ3n) is 3.12. The SMILES string of the molecule is O=Cc1c(-c2cc3cc(Cl)ccc3o2)nc2sccn12. The maximum atomic E-state index is 11.3. The highest BCUT2D eigenvalue weighted by Gasteiger charge is 2.17. The monoisotopic (exact) mass is 302 g/mol. The largest absolute Gasteiger partial charge is 0.454 e. The smallest absolute Gasteiger partial charge is 0.194 e. The van der Waals surface area contributed by atoms with Crippen LogP contribution in [0, 0.1) is 0 Å². The van der Waals surface area contributed by atoms with Gasteiger partial charge in [-0.3, -0.25) is 9.20 Å². The Morgan fingerprint density at radius 1 is 1.35 bits per heavy atom. The van der Waals surface area contributed by atoms with Crippen molar-refractivity contribution in [3.05, 3.63) is 46.6 Å². The van der Waals surface area contributed by atoms with Crippen molar-refractivity contribution in [2.75, 3.05) is 0 Å². The second-order valence-electron chi connectivity index (χ2n) is 4.31. The molecule has 4 aromatic rings. The molecule has 20 heavy (non-hydrogen) atoms. The van der Waals surface area contributed by atoms with Crippen molar-refractivity contribution in [2.24, 2.45) is 0 Å². The van der Waals surface area contributed by atoms with Gasteiger partial charge in [-0.25, -0.2) is 4.98 Å². The lowest BCUT2D eigenvalue weighted by Gasteiger charge is -1.92. The van der Waals surface area contributed by atoms with Crippen molar-refractivity contribution in [2.45, 2.75) is 0 Å². The third kappa shape index (κ3) is 1.60. The van der Waals surface area contributed by atoms with Gasteiger partial charge in [-0.15, -0.1) is 11.3 Å². The number of benzene rings is 1. The number of fused-ring (bicyclic) bond motifs is 2. The lowest BCUT2D eigenvalue weighted by molar-refractivity contribution is 0.111. The zero-order chi connectivity index (χ0) is 13.7. The van der Waals surface area contributed by atoms with Gasteiger partial charge in [-0.1, -0.05) is 11.6 Å². The minimum atomic E-state index is 0.492. The Balaban J connectivity index is 2.00. The van der Waals surface area contributed by atoms with Crippen molar-refractivity contribution in [1.82, 2.24) is 9.38 Å². The highest BCUT2D eigenvalue weighted by molar-refractivity contribution is 7.15. The lowest BCUT2D eigenvalue weighted by Crippen LogP contribution is -1.88. The summed E-state index contributed by atoms with van der Waals surface area (Å²) in [5.74, 6) is 0.570. The summed E-state index contributed by atoms with van der Waals surface area (Å²) in [5, 5.41) is 3.42. The Labute approximate surface area is 122 Å². The first-order chi connectivity index (χ1) is 9.76. The first-order valence-corrected chi connectivity index (χ1v) is 7.12. The van der Waals surface area contributed by atoms with Crippen LogP contribution in [0.1, 0.15) is 10.5 Å². The molecule has 3 heterocycles. The minimum absolute atomic E-state index is 0.492. The molecule has 0 bridgehead atoms. The Kier molecular flexibility index (Phi) is 2.45. The fraction of sp³-hybridized carbons (Fsp3) is 0. The highest BCUT2D eigenvalue weighted by Crippen LogP contribution is 2.31. The van der Waals surface area contributed by atoms with Gasteiger partial charge in [-0.2, -0.15) is 0 Å². The molecule has 1 aromatic carbocycles. The molecule has 0 radical (unpaired) electrons. The molecule has 0 aliphatic rings. The van der Waals surface area contributed by atoms with Crippen LogP contribution >= 0.6 is 22.9 Å². The summed E-state index contributed by atoms with van der Waals surface area (Å²) >= 11 is 7.44. The van der Waals surface area contributed by atoms with Crippen LogP contribution in [-0.2, 0) is 0 Å². The van der Waals surface area contributed by atoms with E-state index in [9.17, 15) is 4.79 Å². The van der Waals surface area contributed by atoms with Crippen LogP contribution in [0.5, 0.6) is 0 Å². The van der Waals surface area contributed by atoms with Crippen LogP contribution in [0.25, 0.3) is 27.4 Å². The molecule has 3 aromatic heterocycles. The summed E-state index contributed by atoms with van der Waals surface area (Å²) in [6.07, 6.45) is 2.61. The summed E-state index contributed by atoms with van der Waals surface area (Å²) in [7, 11) is 0. The van der Waals surface area contributed by atoms with Crippen LogP contribution in [0.15, 0.2) is 40.3 Å². The fourth-order valence-electron chi connectivity index (χ4n) is 2.23. The zero-order valence-electron chi connectivity index (χ0n) is 10.0. The quantitative estimate of drug-likeness (QED) is 0.519. The topological polar surface area (TPSA) is 47.5 Å². The van der Waals surface area contributed by atoms with Gasteiger partial charge in [0.2, 0.25) is 0 Å². The predicted octanol–water partition coefficient (Wildman–Crippen LogP) is 4.27. The Hall–Kier alpha value is -2.11. The summed E-state index contributed by atoms with van der Waals surface area (Å²) in [5.41, 5.74) is 1.77. The molecule has 0 spiro atoms. The van der Waals surface area contributed by atoms with Gasteiger partial charge in [0, 0.05) is 22.0 Å². The standard InChI is InChI=1S/C14H7ClN2O2S/c15-9-1-2-11-8(5-9)6-12(19-11)13-10(7-18)17-3-4-20-14(17)16-13/h1-7H. The average Bonchev–Trinajstić information content (AvgIpc) is 3.09. The molecule has 0 aliphatic heterocycles.